The van der Waals surface area contributed by atoms with Gasteiger partial charge in [-0.1, -0.05) is 97.1 Å². The summed E-state index contributed by atoms with van der Waals surface area (Å²) in [5, 5.41) is 8.56. The smallest absolute Gasteiger partial charge is 0.124 e. The van der Waals surface area contributed by atoms with E-state index in [0.717, 1.165) is 21.8 Å². The van der Waals surface area contributed by atoms with Crippen molar-refractivity contribution in [2.24, 2.45) is 0 Å². The van der Waals surface area contributed by atoms with Gasteiger partial charge in [-0.15, -0.1) is 11.3 Å². The molecule has 0 amide bonds. The molecular formula is C45H28N2S. The second-order valence-corrected chi connectivity index (χ2v) is 13.5. The minimum Gasteiger partial charge on any atom is -0.309 e. The first kappa shape index (κ1) is 27.1. The Hall–Kier alpha value is -6.03. The van der Waals surface area contributed by atoms with Crippen molar-refractivity contribution in [1.82, 2.24) is 9.55 Å². The molecule has 0 aliphatic carbocycles. The first-order valence-electron chi connectivity index (χ1n) is 16.3. The van der Waals surface area contributed by atoms with Crippen LogP contribution in [-0.4, -0.2) is 9.55 Å². The molecule has 0 aliphatic rings. The van der Waals surface area contributed by atoms with Crippen LogP contribution in [0.25, 0.3) is 92.1 Å². The molecule has 0 atom stereocenters. The monoisotopic (exact) mass is 628 g/mol. The maximum Gasteiger partial charge on any atom is 0.124 e. The minimum atomic E-state index is 1.05. The molecule has 0 fully saturated rings. The van der Waals surface area contributed by atoms with Crippen LogP contribution in [0.4, 0.5) is 0 Å². The standard InChI is InChI=1S/C45H28N2S/c1-3-9-32-25-34(15-13-29(32)7-1)36-19-23-42-39(27-36)40-28-37(35-16-14-30-8-2-4-10-33(30)26-35)20-24-43(40)47(42)38-21-17-31(18-22-38)45-46-41-11-5-6-12-44(41)48-45/h1-28H. The van der Waals surface area contributed by atoms with E-state index in [1.165, 1.54) is 70.3 Å². The largest absolute Gasteiger partial charge is 0.309 e. The van der Waals surface area contributed by atoms with E-state index in [1.807, 2.05) is 6.07 Å². The highest BCUT2D eigenvalue weighted by atomic mass is 32.1. The van der Waals surface area contributed by atoms with Gasteiger partial charge in [-0.3, -0.25) is 0 Å². The SMILES string of the molecule is c1ccc2cc(-c3ccc4c(c3)c3cc(-c5ccc6ccccc6c5)ccc3n4-c3ccc(-c4nc5ccccc5s4)cc3)ccc2c1. The van der Waals surface area contributed by atoms with E-state index in [9.17, 15) is 0 Å². The summed E-state index contributed by atoms with van der Waals surface area (Å²) in [6.45, 7) is 0. The van der Waals surface area contributed by atoms with Crippen LogP contribution < -0.4 is 0 Å². The number of benzene rings is 8. The average molecular weight is 629 g/mol. The summed E-state index contributed by atoms with van der Waals surface area (Å²) < 4.78 is 3.62. The molecule has 48 heavy (non-hydrogen) atoms. The van der Waals surface area contributed by atoms with Crippen LogP contribution in [-0.2, 0) is 0 Å². The molecular weight excluding hydrogens is 601 g/mol. The Balaban J connectivity index is 1.15. The zero-order chi connectivity index (χ0) is 31.6. The third-order valence-electron chi connectivity index (χ3n) is 9.60. The van der Waals surface area contributed by atoms with Crippen LogP contribution in [0.15, 0.2) is 170 Å². The summed E-state index contributed by atoms with van der Waals surface area (Å²) >= 11 is 1.74. The molecule has 3 heteroatoms. The first-order valence-corrected chi connectivity index (χ1v) is 17.1. The second kappa shape index (κ2) is 10.8. The van der Waals surface area contributed by atoms with Gasteiger partial charge in [0.25, 0.3) is 0 Å². The minimum absolute atomic E-state index is 1.05. The van der Waals surface area contributed by atoms with E-state index in [4.69, 9.17) is 4.98 Å². The quantitative estimate of drug-likeness (QED) is 0.190. The van der Waals surface area contributed by atoms with Crippen molar-refractivity contribution in [1.29, 1.82) is 0 Å². The van der Waals surface area contributed by atoms with Crippen molar-refractivity contribution in [2.75, 3.05) is 0 Å². The van der Waals surface area contributed by atoms with Gasteiger partial charge in [0.2, 0.25) is 0 Å². The lowest BCUT2D eigenvalue weighted by molar-refractivity contribution is 1.18. The van der Waals surface area contributed by atoms with Crippen LogP contribution in [0.2, 0.25) is 0 Å². The number of rotatable bonds is 4. The van der Waals surface area contributed by atoms with E-state index in [0.29, 0.717) is 0 Å². The van der Waals surface area contributed by atoms with Crippen LogP contribution in [0, 0.1) is 0 Å². The van der Waals surface area contributed by atoms with Crippen molar-refractivity contribution >= 4 is 64.9 Å². The lowest BCUT2D eigenvalue weighted by Crippen LogP contribution is -1.94. The van der Waals surface area contributed by atoms with E-state index < -0.39 is 0 Å². The van der Waals surface area contributed by atoms with Gasteiger partial charge in [0, 0.05) is 22.0 Å². The number of fused-ring (bicyclic) bond motifs is 6. The van der Waals surface area contributed by atoms with Gasteiger partial charge in [-0.05, 0) is 117 Å². The Kier molecular flexibility index (Phi) is 6.08. The van der Waals surface area contributed by atoms with Crippen LogP contribution in [0.1, 0.15) is 0 Å². The first-order chi connectivity index (χ1) is 23.7. The highest BCUT2D eigenvalue weighted by Gasteiger charge is 2.16. The fourth-order valence-electron chi connectivity index (χ4n) is 7.15. The molecule has 0 N–H and O–H groups in total. The number of hydrogen-bond acceptors (Lipinski definition) is 2. The second-order valence-electron chi connectivity index (χ2n) is 12.5. The van der Waals surface area contributed by atoms with Crippen molar-refractivity contribution in [3.63, 3.8) is 0 Å². The summed E-state index contributed by atoms with van der Waals surface area (Å²) in [6, 6.07) is 61.8. The van der Waals surface area contributed by atoms with Crippen molar-refractivity contribution in [2.45, 2.75) is 0 Å². The van der Waals surface area contributed by atoms with Crippen molar-refractivity contribution in [3.05, 3.63) is 170 Å². The number of para-hydroxylation sites is 1. The third-order valence-corrected chi connectivity index (χ3v) is 10.7. The maximum atomic E-state index is 4.90. The Bertz CT molecular complexity index is 2670. The van der Waals surface area contributed by atoms with Gasteiger partial charge in [0.1, 0.15) is 5.01 Å². The van der Waals surface area contributed by atoms with E-state index in [2.05, 4.69) is 168 Å². The molecule has 10 aromatic rings. The van der Waals surface area contributed by atoms with E-state index in [-0.39, 0.29) is 0 Å². The zero-order valence-electron chi connectivity index (χ0n) is 26.0. The molecule has 2 nitrogen and oxygen atoms in total. The average Bonchev–Trinajstić information content (AvgIpc) is 3.73. The van der Waals surface area contributed by atoms with Gasteiger partial charge in [0.05, 0.1) is 21.3 Å². The van der Waals surface area contributed by atoms with Gasteiger partial charge in [-0.2, -0.15) is 0 Å². The van der Waals surface area contributed by atoms with Gasteiger partial charge >= 0.3 is 0 Å². The highest BCUT2D eigenvalue weighted by Crippen LogP contribution is 2.39. The molecule has 0 saturated carbocycles. The molecule has 2 heterocycles. The highest BCUT2D eigenvalue weighted by molar-refractivity contribution is 7.21. The lowest BCUT2D eigenvalue weighted by atomic mass is 9.98. The normalized spacial score (nSPS) is 11.8. The predicted molar refractivity (Wildman–Crippen MR) is 205 cm³/mol. The number of aromatic nitrogens is 2. The summed E-state index contributed by atoms with van der Waals surface area (Å²) in [4.78, 5) is 4.90. The Morgan fingerprint density at radius 1 is 0.396 bits per heavy atom. The predicted octanol–water partition coefficient (Wildman–Crippen LogP) is 12.7. The van der Waals surface area contributed by atoms with Crippen molar-refractivity contribution in [3.8, 4) is 38.5 Å². The molecule has 0 aliphatic heterocycles. The number of hydrogen-bond donors (Lipinski definition) is 0. The molecule has 8 aromatic carbocycles. The lowest BCUT2D eigenvalue weighted by Gasteiger charge is -2.10. The maximum absolute atomic E-state index is 4.90. The summed E-state index contributed by atoms with van der Waals surface area (Å²) in [5.41, 5.74) is 10.6. The Labute approximate surface area is 281 Å². The zero-order valence-corrected chi connectivity index (χ0v) is 26.8. The molecule has 0 spiro atoms. The van der Waals surface area contributed by atoms with Crippen LogP contribution in [0.3, 0.4) is 0 Å². The molecule has 0 unspecified atom stereocenters. The van der Waals surface area contributed by atoms with Crippen LogP contribution >= 0.6 is 11.3 Å². The Morgan fingerprint density at radius 3 is 1.46 bits per heavy atom. The van der Waals surface area contributed by atoms with E-state index >= 15 is 0 Å². The summed E-state index contributed by atoms with van der Waals surface area (Å²) in [6.07, 6.45) is 0. The van der Waals surface area contributed by atoms with Crippen molar-refractivity contribution < 1.29 is 0 Å². The van der Waals surface area contributed by atoms with E-state index in [1.54, 1.807) is 11.3 Å². The molecule has 224 valence electrons. The number of thiazole rings is 1. The molecule has 0 radical (unpaired) electrons. The number of nitrogens with zero attached hydrogens (tertiary/aromatic N) is 2. The summed E-state index contributed by atoms with van der Waals surface area (Å²) in [5.74, 6) is 0. The third kappa shape index (κ3) is 4.44. The Morgan fingerprint density at radius 2 is 0.875 bits per heavy atom. The van der Waals surface area contributed by atoms with Gasteiger partial charge < -0.3 is 4.57 Å². The van der Waals surface area contributed by atoms with Crippen LogP contribution in [0.5, 0.6) is 0 Å². The fourth-order valence-corrected chi connectivity index (χ4v) is 8.12. The molecule has 0 saturated heterocycles. The summed E-state index contributed by atoms with van der Waals surface area (Å²) in [7, 11) is 0. The fraction of sp³-hybridized carbons (Fsp3) is 0. The molecule has 0 bridgehead atoms. The molecule has 2 aromatic heterocycles. The topological polar surface area (TPSA) is 17.8 Å². The van der Waals surface area contributed by atoms with Gasteiger partial charge in [-0.25, -0.2) is 4.98 Å². The van der Waals surface area contributed by atoms with Gasteiger partial charge in [0.15, 0.2) is 0 Å². The molecule has 10 rings (SSSR count).